The summed E-state index contributed by atoms with van der Waals surface area (Å²) < 4.78 is 11.7. The molecule has 208 valence electrons. The van der Waals surface area contributed by atoms with Crippen LogP contribution in [0.25, 0.3) is 22.3 Å². The predicted octanol–water partition coefficient (Wildman–Crippen LogP) is 5.41. The number of hydrogen-bond acceptors (Lipinski definition) is 6. The molecule has 1 aliphatic carbocycles. The molecule has 2 N–H and O–H groups in total. The molecule has 1 saturated carbocycles. The molecule has 0 radical (unpaired) electrons. The van der Waals surface area contributed by atoms with Crippen LogP contribution in [0.4, 0.5) is 4.79 Å². The first-order chi connectivity index (χ1) is 18.6. The van der Waals surface area contributed by atoms with Crippen molar-refractivity contribution in [2.75, 3.05) is 19.7 Å². The molecule has 1 aliphatic heterocycles. The van der Waals surface area contributed by atoms with Gasteiger partial charge in [0.05, 0.1) is 17.7 Å². The van der Waals surface area contributed by atoms with Crippen LogP contribution in [-0.4, -0.2) is 63.2 Å². The number of rotatable bonds is 7. The van der Waals surface area contributed by atoms with Gasteiger partial charge in [0.15, 0.2) is 0 Å². The summed E-state index contributed by atoms with van der Waals surface area (Å²) in [5.74, 6) is 1.26. The van der Waals surface area contributed by atoms with Crippen LogP contribution >= 0.6 is 0 Å². The van der Waals surface area contributed by atoms with Crippen molar-refractivity contribution in [1.29, 1.82) is 0 Å². The number of H-pyrrole nitrogens is 1. The second-order valence-corrected chi connectivity index (χ2v) is 11.7. The van der Waals surface area contributed by atoms with Gasteiger partial charge in [0.25, 0.3) is 5.91 Å². The van der Waals surface area contributed by atoms with E-state index in [4.69, 9.17) is 9.47 Å². The van der Waals surface area contributed by atoms with Gasteiger partial charge in [-0.3, -0.25) is 4.79 Å². The average Bonchev–Trinajstić information content (AvgIpc) is 3.66. The normalized spacial score (nSPS) is 16.4. The van der Waals surface area contributed by atoms with Gasteiger partial charge in [-0.1, -0.05) is 13.0 Å². The fraction of sp³-hybridized carbons (Fsp3) is 0.533. The van der Waals surface area contributed by atoms with E-state index in [2.05, 4.69) is 39.3 Å². The Kier molecular flexibility index (Phi) is 7.51. The van der Waals surface area contributed by atoms with Gasteiger partial charge in [0.2, 0.25) is 0 Å². The largest absolute Gasteiger partial charge is 0.493 e. The van der Waals surface area contributed by atoms with Crippen molar-refractivity contribution in [3.63, 3.8) is 0 Å². The number of carbonyl (C=O) groups excluding carboxylic acids is 2. The minimum absolute atomic E-state index is 0.0366. The van der Waals surface area contributed by atoms with Crippen molar-refractivity contribution in [3.05, 3.63) is 41.3 Å². The zero-order valence-electron chi connectivity index (χ0n) is 23.6. The molecule has 0 atom stereocenters. The summed E-state index contributed by atoms with van der Waals surface area (Å²) in [5.41, 5.74) is 4.88. The third kappa shape index (κ3) is 6.18. The van der Waals surface area contributed by atoms with Gasteiger partial charge in [-0.25, -0.2) is 14.8 Å². The molecule has 3 heterocycles. The summed E-state index contributed by atoms with van der Waals surface area (Å²) in [6.45, 7) is 11.4. The second kappa shape index (κ2) is 10.9. The smallest absolute Gasteiger partial charge is 0.410 e. The zero-order chi connectivity index (χ0) is 27.7. The van der Waals surface area contributed by atoms with Crippen LogP contribution in [0.1, 0.15) is 75.0 Å². The molecule has 2 aromatic heterocycles. The van der Waals surface area contributed by atoms with Gasteiger partial charge in [0.1, 0.15) is 28.9 Å². The van der Waals surface area contributed by atoms with E-state index in [0.717, 1.165) is 34.6 Å². The number of nitrogens with zero attached hydrogens (tertiary/aromatic N) is 3. The Hall–Kier alpha value is -3.62. The van der Waals surface area contributed by atoms with Crippen LogP contribution in [-0.2, 0) is 11.2 Å². The third-order valence-corrected chi connectivity index (χ3v) is 7.36. The minimum atomic E-state index is -0.530. The maximum atomic E-state index is 13.5. The van der Waals surface area contributed by atoms with Gasteiger partial charge in [-0.2, -0.15) is 0 Å². The number of piperidine rings is 1. The quantitative estimate of drug-likeness (QED) is 0.420. The minimum Gasteiger partial charge on any atom is -0.493 e. The lowest BCUT2D eigenvalue weighted by molar-refractivity contribution is 0.0199. The molecular weight excluding hydrogens is 494 g/mol. The lowest BCUT2D eigenvalue weighted by atomic mass is 10.0. The number of aromatic nitrogens is 3. The number of aromatic amines is 1. The number of fused-ring (bicyclic) bond motifs is 1. The fourth-order valence-corrected chi connectivity index (χ4v) is 4.99. The summed E-state index contributed by atoms with van der Waals surface area (Å²) in [4.78, 5) is 40.1. The van der Waals surface area contributed by atoms with Gasteiger partial charge in [0, 0.05) is 30.4 Å². The molecule has 2 fully saturated rings. The van der Waals surface area contributed by atoms with E-state index in [1.54, 1.807) is 4.90 Å². The molecule has 0 unspecified atom stereocenters. The highest BCUT2D eigenvalue weighted by Gasteiger charge is 2.29. The van der Waals surface area contributed by atoms with E-state index < -0.39 is 5.60 Å². The second-order valence-electron chi connectivity index (χ2n) is 11.7. The molecule has 5 rings (SSSR count). The summed E-state index contributed by atoms with van der Waals surface area (Å²) >= 11 is 0. The Balaban J connectivity index is 1.35. The molecule has 1 saturated heterocycles. The highest BCUT2D eigenvalue weighted by molar-refractivity contribution is 6.09. The maximum absolute atomic E-state index is 13.5. The van der Waals surface area contributed by atoms with E-state index in [9.17, 15) is 9.59 Å². The van der Waals surface area contributed by atoms with Gasteiger partial charge >= 0.3 is 6.09 Å². The predicted molar refractivity (Wildman–Crippen MR) is 150 cm³/mol. The molecule has 2 aliphatic rings. The number of benzene rings is 1. The number of hydrogen-bond donors (Lipinski definition) is 2. The first-order valence-corrected chi connectivity index (χ1v) is 14.0. The van der Waals surface area contributed by atoms with Crippen molar-refractivity contribution >= 4 is 23.0 Å². The molecule has 9 nitrogen and oxygen atoms in total. The Morgan fingerprint density at radius 2 is 1.87 bits per heavy atom. The monoisotopic (exact) mass is 533 g/mol. The topological polar surface area (TPSA) is 109 Å². The summed E-state index contributed by atoms with van der Waals surface area (Å²) in [7, 11) is 0. The molecule has 1 aromatic carbocycles. The highest BCUT2D eigenvalue weighted by Crippen LogP contribution is 2.37. The molecule has 0 spiro atoms. The van der Waals surface area contributed by atoms with Gasteiger partial charge in [-0.15, -0.1) is 0 Å². The van der Waals surface area contributed by atoms with E-state index >= 15 is 0 Å². The lowest BCUT2D eigenvalue weighted by Gasteiger charge is -2.33. The van der Waals surface area contributed by atoms with Crippen molar-refractivity contribution in [3.8, 4) is 17.0 Å². The molecular formula is C30H39N5O4. The van der Waals surface area contributed by atoms with Crippen molar-refractivity contribution in [2.45, 2.75) is 78.4 Å². The number of nitrogens with one attached hydrogen (secondary N) is 2. The van der Waals surface area contributed by atoms with E-state index in [1.165, 1.54) is 24.7 Å². The number of carbonyl (C=O) groups is 2. The van der Waals surface area contributed by atoms with Gasteiger partial charge < -0.3 is 24.7 Å². The maximum Gasteiger partial charge on any atom is 0.410 e. The Labute approximate surface area is 229 Å². The number of ether oxygens (including phenoxy) is 2. The first-order valence-electron chi connectivity index (χ1n) is 14.0. The van der Waals surface area contributed by atoms with Crippen LogP contribution in [0.15, 0.2) is 24.5 Å². The van der Waals surface area contributed by atoms with Crippen molar-refractivity contribution in [2.24, 2.45) is 5.92 Å². The average molecular weight is 534 g/mol. The SMILES string of the molecule is CCc1ccc(OCC2CC2)c(-c2ncnc3c(C(=O)NC4CCN(C(=O)OC(C)(C)C)CC4)c(C)[nH]c23)c1. The molecule has 9 heteroatoms. The van der Waals surface area contributed by atoms with E-state index in [1.807, 2.05) is 33.8 Å². The molecule has 3 aromatic rings. The molecule has 2 amide bonds. The molecule has 39 heavy (non-hydrogen) atoms. The Morgan fingerprint density at radius 1 is 1.13 bits per heavy atom. The number of amides is 2. The van der Waals surface area contributed by atoms with Crippen molar-refractivity contribution < 1.29 is 19.1 Å². The standard InChI is InChI=1S/C30H39N5O4/c1-6-19-9-10-23(38-16-20-7-8-20)22(15-19)25-27-26(32-17-31-25)24(18(2)33-27)28(36)34-21-11-13-35(14-12-21)29(37)39-30(3,4)5/h9-10,15,17,20-21,33H,6-8,11-14,16H2,1-5H3,(H,34,36). The van der Waals surface area contributed by atoms with Crippen LogP contribution in [0.5, 0.6) is 5.75 Å². The van der Waals surface area contributed by atoms with E-state index in [-0.39, 0.29) is 18.0 Å². The summed E-state index contributed by atoms with van der Waals surface area (Å²) in [6, 6.07) is 6.21. The zero-order valence-corrected chi connectivity index (χ0v) is 23.6. The first kappa shape index (κ1) is 27.0. The summed E-state index contributed by atoms with van der Waals surface area (Å²) in [6.07, 6.45) is 5.87. The number of likely N-dealkylation sites (tertiary alicyclic amines) is 1. The van der Waals surface area contributed by atoms with E-state index in [0.29, 0.717) is 49.5 Å². The van der Waals surface area contributed by atoms with Crippen LogP contribution in [0.3, 0.4) is 0 Å². The summed E-state index contributed by atoms with van der Waals surface area (Å²) in [5, 5.41) is 3.17. The Bertz CT molecular complexity index is 1360. The number of aryl methyl sites for hydroxylation is 2. The van der Waals surface area contributed by atoms with Crippen LogP contribution in [0.2, 0.25) is 0 Å². The fourth-order valence-electron chi connectivity index (χ4n) is 4.99. The molecule has 0 bridgehead atoms. The van der Waals surface area contributed by atoms with Crippen LogP contribution < -0.4 is 10.1 Å². The highest BCUT2D eigenvalue weighted by atomic mass is 16.6. The van der Waals surface area contributed by atoms with Crippen molar-refractivity contribution in [1.82, 2.24) is 25.2 Å². The van der Waals surface area contributed by atoms with Gasteiger partial charge in [-0.05, 0) is 83.4 Å². The Morgan fingerprint density at radius 3 is 2.54 bits per heavy atom. The third-order valence-electron chi connectivity index (χ3n) is 7.36. The van der Waals surface area contributed by atoms with Crippen LogP contribution in [0, 0.1) is 12.8 Å². The lowest BCUT2D eigenvalue weighted by Crippen LogP contribution is -2.47.